The number of ether oxygens (including phenoxy) is 2. The van der Waals surface area contributed by atoms with Crippen molar-refractivity contribution in [1.29, 1.82) is 0 Å². The van der Waals surface area contributed by atoms with Gasteiger partial charge in [-0.1, -0.05) is 227 Å². The highest BCUT2D eigenvalue weighted by molar-refractivity contribution is 5.76. The summed E-state index contributed by atoms with van der Waals surface area (Å²) in [6.45, 7) is 16.5. The number of carbonyl (C=O) groups excluding carboxylic acids is 1. The van der Waals surface area contributed by atoms with E-state index in [0.29, 0.717) is 30.8 Å². The van der Waals surface area contributed by atoms with E-state index in [1.165, 1.54) is 180 Å². The number of allylic oxidation sites excluding steroid dienone is 3. The number of rotatable bonds is 40. The van der Waals surface area contributed by atoms with Gasteiger partial charge >= 0.3 is 0 Å². The Kier molecular flexibility index (Phi) is 36.9. The molecule has 0 aromatic carbocycles. The van der Waals surface area contributed by atoms with Crippen LogP contribution in [0.15, 0.2) is 24.3 Å². The summed E-state index contributed by atoms with van der Waals surface area (Å²) in [6, 6.07) is -0.0389. The van der Waals surface area contributed by atoms with E-state index in [4.69, 9.17) is 9.47 Å². The normalized spacial score (nSPS) is 21.1. The van der Waals surface area contributed by atoms with Crippen molar-refractivity contribution in [2.45, 2.75) is 279 Å². The molecule has 0 aromatic rings. The highest BCUT2D eigenvalue weighted by atomic mass is 16.7. The van der Waals surface area contributed by atoms with Gasteiger partial charge in [0.15, 0.2) is 6.29 Å². The molecule has 57 heavy (non-hydrogen) atoms. The van der Waals surface area contributed by atoms with E-state index in [-0.39, 0.29) is 30.3 Å². The van der Waals surface area contributed by atoms with Gasteiger partial charge in [-0.05, 0) is 69.1 Å². The summed E-state index contributed by atoms with van der Waals surface area (Å²) in [7, 11) is 0. The SMILES string of the molecule is CCCCCCCC/C=C/CCCCCCCCCCCCCC(=O)N[C@@H](COC1OC(CC)C(C)C(C)C1C)[C@H](C)/C=C/CCCCCCCCCCCCC. The summed E-state index contributed by atoms with van der Waals surface area (Å²) in [5.74, 6) is 1.81. The summed E-state index contributed by atoms with van der Waals surface area (Å²) < 4.78 is 13.0. The molecule has 1 saturated heterocycles. The van der Waals surface area contributed by atoms with Crippen molar-refractivity contribution in [2.75, 3.05) is 6.61 Å². The number of unbranched alkanes of at least 4 members (excludes halogenated alkanes) is 28. The minimum Gasteiger partial charge on any atom is -0.350 e. The van der Waals surface area contributed by atoms with Crippen molar-refractivity contribution in [3.63, 3.8) is 0 Å². The predicted molar refractivity (Wildman–Crippen MR) is 251 cm³/mol. The molecule has 7 atom stereocenters. The summed E-state index contributed by atoms with van der Waals surface area (Å²) in [5, 5.41) is 3.40. The number of carbonyl (C=O) groups is 1. The van der Waals surface area contributed by atoms with Crippen LogP contribution in [0.25, 0.3) is 0 Å². The van der Waals surface area contributed by atoms with Gasteiger partial charge < -0.3 is 14.8 Å². The second kappa shape index (κ2) is 39.0. The van der Waals surface area contributed by atoms with Crippen LogP contribution in [0.4, 0.5) is 0 Å². The Bertz CT molecular complexity index is 929. The molecule has 0 radical (unpaired) electrons. The topological polar surface area (TPSA) is 47.6 Å². The van der Waals surface area contributed by atoms with Gasteiger partial charge in [-0.3, -0.25) is 4.79 Å². The Hall–Kier alpha value is -1.13. The van der Waals surface area contributed by atoms with E-state index in [1.54, 1.807) is 0 Å². The fourth-order valence-electron chi connectivity index (χ4n) is 8.74. The van der Waals surface area contributed by atoms with Crippen LogP contribution < -0.4 is 5.32 Å². The Morgan fingerprint density at radius 3 is 1.39 bits per heavy atom. The van der Waals surface area contributed by atoms with Gasteiger partial charge in [0.05, 0.1) is 18.8 Å². The molecule has 5 unspecified atom stereocenters. The molecular formula is C53H101NO3. The summed E-state index contributed by atoms with van der Waals surface area (Å²) in [5.41, 5.74) is 0. The summed E-state index contributed by atoms with van der Waals surface area (Å²) in [6.07, 6.45) is 52.6. The second-order valence-electron chi connectivity index (χ2n) is 18.6. The van der Waals surface area contributed by atoms with E-state index < -0.39 is 0 Å². The van der Waals surface area contributed by atoms with Crippen LogP contribution >= 0.6 is 0 Å². The average Bonchev–Trinajstić information content (AvgIpc) is 3.21. The lowest BCUT2D eigenvalue weighted by molar-refractivity contribution is -0.250. The molecule has 1 rings (SSSR count). The number of hydrogen-bond donors (Lipinski definition) is 1. The maximum absolute atomic E-state index is 13.2. The van der Waals surface area contributed by atoms with E-state index >= 15 is 0 Å². The van der Waals surface area contributed by atoms with Crippen LogP contribution in [0, 0.1) is 23.7 Å². The zero-order valence-corrected chi connectivity index (χ0v) is 39.6. The lowest BCUT2D eigenvalue weighted by Gasteiger charge is -2.43. The highest BCUT2D eigenvalue weighted by Gasteiger charge is 2.39. The van der Waals surface area contributed by atoms with Gasteiger partial charge in [-0.2, -0.15) is 0 Å². The van der Waals surface area contributed by atoms with Crippen molar-refractivity contribution >= 4 is 5.91 Å². The second-order valence-corrected chi connectivity index (χ2v) is 18.6. The summed E-state index contributed by atoms with van der Waals surface area (Å²) in [4.78, 5) is 13.2. The van der Waals surface area contributed by atoms with Crippen molar-refractivity contribution in [3.05, 3.63) is 24.3 Å². The van der Waals surface area contributed by atoms with Crippen molar-refractivity contribution in [3.8, 4) is 0 Å². The lowest BCUT2D eigenvalue weighted by Crippen LogP contribution is -2.48. The maximum atomic E-state index is 13.2. The standard InChI is InChI=1S/C53H101NO3/c1-8-11-13-15-17-19-21-23-24-25-26-27-28-29-30-32-34-36-38-40-42-44-52(55)54-50(45-56-53-49(7)47(5)48(6)51(10-3)57-53)46(4)43-41-39-37-35-33-31-22-20-18-16-14-12-9-2/h23-24,41,43,46-51,53H,8-22,25-40,42,44-45H2,1-7H3,(H,54,55)/b24-23+,43-41+/t46-,47?,48?,49?,50+,51?,53?/m1/s1. The van der Waals surface area contributed by atoms with E-state index in [9.17, 15) is 4.79 Å². The Morgan fingerprint density at radius 2 is 0.947 bits per heavy atom. The Labute approximate surface area is 357 Å². The van der Waals surface area contributed by atoms with Gasteiger partial charge in [0.2, 0.25) is 5.91 Å². The number of nitrogens with one attached hydrogen (secondary N) is 1. The maximum Gasteiger partial charge on any atom is 0.220 e. The van der Waals surface area contributed by atoms with Gasteiger partial charge in [0.25, 0.3) is 0 Å². The number of hydrogen-bond acceptors (Lipinski definition) is 3. The van der Waals surface area contributed by atoms with Crippen LogP contribution in [0.2, 0.25) is 0 Å². The molecule has 4 nitrogen and oxygen atoms in total. The molecular weight excluding hydrogens is 699 g/mol. The first kappa shape index (κ1) is 53.9. The zero-order valence-electron chi connectivity index (χ0n) is 39.6. The molecule has 0 saturated carbocycles. The third-order valence-corrected chi connectivity index (χ3v) is 13.4. The van der Waals surface area contributed by atoms with Crippen LogP contribution in [0.5, 0.6) is 0 Å². The molecule has 0 aromatic heterocycles. The molecule has 4 heteroatoms. The molecule has 1 fully saturated rings. The van der Waals surface area contributed by atoms with Crippen LogP contribution in [-0.2, 0) is 14.3 Å². The van der Waals surface area contributed by atoms with Gasteiger partial charge in [0.1, 0.15) is 0 Å². The van der Waals surface area contributed by atoms with Crippen molar-refractivity contribution in [1.82, 2.24) is 5.32 Å². The van der Waals surface area contributed by atoms with Crippen LogP contribution in [0.3, 0.4) is 0 Å². The fourth-order valence-corrected chi connectivity index (χ4v) is 8.74. The minimum absolute atomic E-state index is 0.0389. The molecule has 1 N–H and O–H groups in total. The third kappa shape index (κ3) is 29.7. The minimum atomic E-state index is -0.208. The number of amides is 1. The summed E-state index contributed by atoms with van der Waals surface area (Å²) >= 11 is 0. The highest BCUT2D eigenvalue weighted by Crippen LogP contribution is 2.36. The van der Waals surface area contributed by atoms with Gasteiger partial charge in [-0.15, -0.1) is 0 Å². The molecule has 1 amide bonds. The molecule has 1 aliphatic heterocycles. The third-order valence-electron chi connectivity index (χ3n) is 13.4. The van der Waals surface area contributed by atoms with Crippen molar-refractivity contribution < 1.29 is 14.3 Å². The zero-order chi connectivity index (χ0) is 41.6. The van der Waals surface area contributed by atoms with Crippen LogP contribution in [-0.4, -0.2) is 30.9 Å². The van der Waals surface area contributed by atoms with Crippen molar-refractivity contribution in [2.24, 2.45) is 23.7 Å². The average molecular weight is 800 g/mol. The van der Waals surface area contributed by atoms with Gasteiger partial charge in [0, 0.05) is 12.3 Å². The van der Waals surface area contributed by atoms with E-state index in [2.05, 4.69) is 78.1 Å². The fraction of sp³-hybridized carbons (Fsp3) is 0.906. The van der Waals surface area contributed by atoms with Crippen LogP contribution in [0.1, 0.15) is 260 Å². The lowest BCUT2D eigenvalue weighted by atomic mass is 9.78. The van der Waals surface area contributed by atoms with Gasteiger partial charge in [-0.25, -0.2) is 0 Å². The Balaban J connectivity index is 2.29. The van der Waals surface area contributed by atoms with E-state index in [0.717, 1.165) is 25.7 Å². The molecule has 336 valence electrons. The molecule has 0 spiro atoms. The largest absolute Gasteiger partial charge is 0.350 e. The monoisotopic (exact) mass is 800 g/mol. The first-order chi connectivity index (χ1) is 27.8. The molecule has 0 bridgehead atoms. The molecule has 0 aliphatic carbocycles. The molecule has 1 heterocycles. The van der Waals surface area contributed by atoms with E-state index in [1.807, 2.05) is 0 Å². The first-order valence-electron chi connectivity index (χ1n) is 25.7. The Morgan fingerprint density at radius 1 is 0.544 bits per heavy atom. The first-order valence-corrected chi connectivity index (χ1v) is 25.7. The smallest absolute Gasteiger partial charge is 0.220 e. The molecule has 1 aliphatic rings. The quantitative estimate of drug-likeness (QED) is 0.0496. The predicted octanol–water partition coefficient (Wildman–Crippen LogP) is 16.8.